The fourth-order valence-electron chi connectivity index (χ4n) is 3.03. The molecule has 1 amide bonds. The number of hydrogen-bond donors (Lipinski definition) is 1. The quantitative estimate of drug-likeness (QED) is 0.507. The van der Waals surface area contributed by atoms with Gasteiger partial charge in [0.2, 0.25) is 5.88 Å². The first-order valence-electron chi connectivity index (χ1n) is 9.58. The number of rotatable bonds is 7. The molecule has 0 fully saturated rings. The van der Waals surface area contributed by atoms with Crippen LogP contribution >= 0.6 is 0 Å². The van der Waals surface area contributed by atoms with Gasteiger partial charge < -0.3 is 14.8 Å². The summed E-state index contributed by atoms with van der Waals surface area (Å²) in [7, 11) is 0. The van der Waals surface area contributed by atoms with Crippen LogP contribution in [0.25, 0.3) is 5.65 Å². The highest BCUT2D eigenvalue weighted by molar-refractivity contribution is 6.00. The summed E-state index contributed by atoms with van der Waals surface area (Å²) in [6.45, 7) is 4.58. The molecule has 3 aromatic heterocycles. The molecular formula is C22H21N5O3. The summed E-state index contributed by atoms with van der Waals surface area (Å²) in [5, 5.41) is 7.21. The normalized spacial score (nSPS) is 10.7. The molecule has 0 bridgehead atoms. The average Bonchev–Trinajstić information content (AvgIpc) is 3.10. The van der Waals surface area contributed by atoms with Crippen LogP contribution in [0.2, 0.25) is 0 Å². The van der Waals surface area contributed by atoms with E-state index in [0.29, 0.717) is 47.4 Å². The SMILES string of the molecule is CCOc1ccccc1Oc1ccc(CNC(=O)c2c(C)nn3cccnc23)cn1. The molecule has 1 N–H and O–H groups in total. The third-order valence-electron chi connectivity index (χ3n) is 4.41. The van der Waals surface area contributed by atoms with Gasteiger partial charge in [0.05, 0.1) is 12.3 Å². The molecular weight excluding hydrogens is 382 g/mol. The maximum Gasteiger partial charge on any atom is 0.257 e. The van der Waals surface area contributed by atoms with Crippen molar-refractivity contribution < 1.29 is 14.3 Å². The Balaban J connectivity index is 1.42. The molecule has 0 aliphatic rings. The van der Waals surface area contributed by atoms with E-state index in [2.05, 4.69) is 20.4 Å². The summed E-state index contributed by atoms with van der Waals surface area (Å²) >= 11 is 0. The van der Waals surface area contributed by atoms with E-state index in [-0.39, 0.29) is 5.91 Å². The molecule has 0 aliphatic heterocycles. The standard InChI is InChI=1S/C22H21N5O3/c1-3-29-17-7-4-5-8-18(17)30-19-10-9-16(13-24-19)14-25-22(28)20-15(2)26-27-12-6-11-23-21(20)27/h4-13H,3,14H2,1-2H3,(H,25,28). The van der Waals surface area contributed by atoms with E-state index in [9.17, 15) is 4.79 Å². The molecule has 152 valence electrons. The van der Waals surface area contributed by atoms with E-state index in [4.69, 9.17) is 9.47 Å². The van der Waals surface area contributed by atoms with Crippen LogP contribution in [0.4, 0.5) is 0 Å². The molecule has 0 saturated carbocycles. The number of aryl methyl sites for hydroxylation is 1. The smallest absolute Gasteiger partial charge is 0.257 e. The Kier molecular flexibility index (Phi) is 5.56. The number of nitrogens with one attached hydrogen (secondary N) is 1. The van der Waals surface area contributed by atoms with Crippen molar-refractivity contribution in [2.75, 3.05) is 6.61 Å². The van der Waals surface area contributed by atoms with Crippen molar-refractivity contribution in [3.05, 3.63) is 77.9 Å². The molecule has 4 rings (SSSR count). The van der Waals surface area contributed by atoms with Crippen molar-refractivity contribution in [3.8, 4) is 17.4 Å². The van der Waals surface area contributed by atoms with Gasteiger partial charge >= 0.3 is 0 Å². The minimum Gasteiger partial charge on any atom is -0.490 e. The Hall–Kier alpha value is -3.94. The molecule has 0 spiro atoms. The van der Waals surface area contributed by atoms with E-state index in [1.165, 1.54) is 0 Å². The predicted molar refractivity (Wildman–Crippen MR) is 111 cm³/mol. The third-order valence-corrected chi connectivity index (χ3v) is 4.41. The van der Waals surface area contributed by atoms with Gasteiger partial charge in [0.15, 0.2) is 17.1 Å². The zero-order chi connectivity index (χ0) is 20.9. The van der Waals surface area contributed by atoms with E-state index in [1.54, 1.807) is 42.2 Å². The number of fused-ring (bicyclic) bond motifs is 1. The minimum absolute atomic E-state index is 0.229. The molecule has 8 heteroatoms. The van der Waals surface area contributed by atoms with E-state index < -0.39 is 0 Å². The second-order valence-corrected chi connectivity index (χ2v) is 6.52. The Labute approximate surface area is 173 Å². The van der Waals surface area contributed by atoms with Crippen molar-refractivity contribution in [3.63, 3.8) is 0 Å². The van der Waals surface area contributed by atoms with Crippen molar-refractivity contribution in [2.24, 2.45) is 0 Å². The van der Waals surface area contributed by atoms with Gasteiger partial charge in [-0.25, -0.2) is 14.5 Å². The lowest BCUT2D eigenvalue weighted by Gasteiger charge is -2.11. The van der Waals surface area contributed by atoms with Gasteiger partial charge in [0.1, 0.15) is 5.56 Å². The molecule has 8 nitrogen and oxygen atoms in total. The maximum atomic E-state index is 12.7. The molecule has 30 heavy (non-hydrogen) atoms. The summed E-state index contributed by atoms with van der Waals surface area (Å²) in [5.74, 6) is 1.48. The molecule has 0 unspecified atom stereocenters. The summed E-state index contributed by atoms with van der Waals surface area (Å²) in [5.41, 5.74) is 2.47. The Bertz CT molecular complexity index is 1170. The summed E-state index contributed by atoms with van der Waals surface area (Å²) < 4.78 is 13.0. The Morgan fingerprint density at radius 1 is 1.10 bits per heavy atom. The Morgan fingerprint density at radius 3 is 2.70 bits per heavy atom. The number of carbonyl (C=O) groups is 1. The van der Waals surface area contributed by atoms with Crippen LogP contribution in [0.5, 0.6) is 17.4 Å². The Morgan fingerprint density at radius 2 is 1.93 bits per heavy atom. The van der Waals surface area contributed by atoms with Gasteiger partial charge in [0, 0.05) is 31.2 Å². The van der Waals surface area contributed by atoms with E-state index in [0.717, 1.165) is 5.56 Å². The lowest BCUT2D eigenvalue weighted by atomic mass is 10.2. The minimum atomic E-state index is -0.229. The van der Waals surface area contributed by atoms with Crippen molar-refractivity contribution >= 4 is 11.6 Å². The van der Waals surface area contributed by atoms with Crippen molar-refractivity contribution in [1.82, 2.24) is 24.9 Å². The highest BCUT2D eigenvalue weighted by atomic mass is 16.5. The van der Waals surface area contributed by atoms with Crippen LogP contribution in [0, 0.1) is 6.92 Å². The summed E-state index contributed by atoms with van der Waals surface area (Å²) in [6.07, 6.45) is 5.07. The van der Waals surface area contributed by atoms with Crippen molar-refractivity contribution in [1.29, 1.82) is 0 Å². The molecule has 4 aromatic rings. The van der Waals surface area contributed by atoms with Crippen LogP contribution < -0.4 is 14.8 Å². The first-order valence-corrected chi connectivity index (χ1v) is 9.58. The van der Waals surface area contributed by atoms with Gasteiger partial charge in [-0.05, 0) is 37.6 Å². The van der Waals surface area contributed by atoms with Gasteiger partial charge in [-0.1, -0.05) is 18.2 Å². The van der Waals surface area contributed by atoms with Crippen LogP contribution in [0.15, 0.2) is 61.1 Å². The highest BCUT2D eigenvalue weighted by Crippen LogP contribution is 2.30. The number of aromatic nitrogens is 4. The fourth-order valence-corrected chi connectivity index (χ4v) is 3.03. The van der Waals surface area contributed by atoms with Crippen LogP contribution in [-0.4, -0.2) is 32.1 Å². The lowest BCUT2D eigenvalue weighted by Crippen LogP contribution is -2.23. The van der Waals surface area contributed by atoms with Gasteiger partial charge in [-0.3, -0.25) is 4.79 Å². The average molecular weight is 403 g/mol. The zero-order valence-corrected chi connectivity index (χ0v) is 16.7. The van der Waals surface area contributed by atoms with Crippen LogP contribution in [-0.2, 0) is 6.54 Å². The number of amides is 1. The number of hydrogen-bond acceptors (Lipinski definition) is 6. The zero-order valence-electron chi connectivity index (χ0n) is 16.7. The van der Waals surface area contributed by atoms with Crippen molar-refractivity contribution in [2.45, 2.75) is 20.4 Å². The summed E-state index contributed by atoms with van der Waals surface area (Å²) in [4.78, 5) is 21.2. The van der Waals surface area contributed by atoms with Gasteiger partial charge in [0.25, 0.3) is 5.91 Å². The lowest BCUT2D eigenvalue weighted by molar-refractivity contribution is 0.0951. The van der Waals surface area contributed by atoms with E-state index in [1.807, 2.05) is 37.3 Å². The number of ether oxygens (including phenoxy) is 2. The molecule has 0 aliphatic carbocycles. The maximum absolute atomic E-state index is 12.7. The molecule has 0 saturated heterocycles. The van der Waals surface area contributed by atoms with Crippen LogP contribution in [0.1, 0.15) is 28.5 Å². The number of nitrogens with zero attached hydrogens (tertiary/aromatic N) is 4. The van der Waals surface area contributed by atoms with E-state index >= 15 is 0 Å². The second-order valence-electron chi connectivity index (χ2n) is 6.52. The van der Waals surface area contributed by atoms with Gasteiger partial charge in [-0.15, -0.1) is 0 Å². The van der Waals surface area contributed by atoms with Gasteiger partial charge in [-0.2, -0.15) is 5.10 Å². The largest absolute Gasteiger partial charge is 0.490 e. The predicted octanol–water partition coefficient (Wildman–Crippen LogP) is 3.55. The van der Waals surface area contributed by atoms with Crippen LogP contribution in [0.3, 0.4) is 0 Å². The molecule has 1 aromatic carbocycles. The third kappa shape index (κ3) is 4.07. The number of pyridine rings is 1. The topological polar surface area (TPSA) is 90.6 Å². The molecule has 0 radical (unpaired) electrons. The first-order chi connectivity index (χ1) is 14.7. The number of carbonyl (C=O) groups excluding carboxylic acids is 1. The number of benzene rings is 1. The first kappa shape index (κ1) is 19.4. The number of para-hydroxylation sites is 2. The molecule has 3 heterocycles. The monoisotopic (exact) mass is 403 g/mol. The molecule has 0 atom stereocenters. The second kappa shape index (κ2) is 8.60. The summed E-state index contributed by atoms with van der Waals surface area (Å²) in [6, 6.07) is 12.8. The fraction of sp³-hybridized carbons (Fsp3) is 0.182. The highest BCUT2D eigenvalue weighted by Gasteiger charge is 2.17.